The molecule has 0 radical (unpaired) electrons. The van der Waals surface area contributed by atoms with Crippen molar-refractivity contribution in [3.05, 3.63) is 53.6 Å². The second-order valence-electron chi connectivity index (χ2n) is 7.47. The van der Waals surface area contributed by atoms with Gasteiger partial charge in [-0.15, -0.1) is 0 Å². The average molecular weight is 430 g/mol. The number of aromatic nitrogens is 1. The molecule has 1 saturated heterocycles. The third kappa shape index (κ3) is 4.19. The molecule has 1 aliphatic heterocycles. The molecule has 4 rings (SSSR count). The summed E-state index contributed by atoms with van der Waals surface area (Å²) in [5, 5.41) is 3.50. The van der Waals surface area contributed by atoms with Crippen LogP contribution in [0.15, 0.2) is 47.4 Å². The van der Waals surface area contributed by atoms with E-state index in [2.05, 4.69) is 16.4 Å². The standard InChI is InChI=1S/C21H23N3O3S2/c1-14-3-6-17(7-4-14)29(26,27)24-11-9-16(10-12-24)20(25)23-21-22-18-8-5-15(2)13-19(18)28-21/h3-8,13,16H,9-12H2,1-2H3,(H,22,23,25). The lowest BCUT2D eigenvalue weighted by Gasteiger charge is -2.30. The Hall–Kier alpha value is -2.29. The highest BCUT2D eigenvalue weighted by Crippen LogP contribution is 2.29. The number of hydrogen-bond donors (Lipinski definition) is 1. The zero-order valence-corrected chi connectivity index (χ0v) is 18.0. The highest BCUT2D eigenvalue weighted by atomic mass is 32.2. The molecule has 1 fully saturated rings. The van der Waals surface area contributed by atoms with Crippen molar-refractivity contribution in [2.45, 2.75) is 31.6 Å². The molecule has 0 unspecified atom stereocenters. The highest BCUT2D eigenvalue weighted by molar-refractivity contribution is 7.89. The molecule has 0 atom stereocenters. The number of amides is 1. The highest BCUT2D eigenvalue weighted by Gasteiger charge is 2.32. The maximum atomic E-state index is 12.8. The quantitative estimate of drug-likeness (QED) is 0.681. The molecule has 152 valence electrons. The van der Waals surface area contributed by atoms with E-state index < -0.39 is 10.0 Å². The lowest BCUT2D eigenvalue weighted by atomic mass is 9.97. The number of rotatable bonds is 4. The third-order valence-electron chi connectivity index (χ3n) is 5.26. The Kier molecular flexibility index (Phi) is 5.42. The minimum absolute atomic E-state index is 0.0897. The van der Waals surface area contributed by atoms with Gasteiger partial charge in [0.2, 0.25) is 15.9 Å². The van der Waals surface area contributed by atoms with E-state index in [4.69, 9.17) is 0 Å². The topological polar surface area (TPSA) is 79.4 Å². The Labute approximate surface area is 174 Å². The molecule has 8 heteroatoms. The Morgan fingerprint density at radius 1 is 1.07 bits per heavy atom. The number of thiazole rings is 1. The Bertz CT molecular complexity index is 1150. The van der Waals surface area contributed by atoms with Crippen molar-refractivity contribution < 1.29 is 13.2 Å². The molecule has 0 spiro atoms. The Balaban J connectivity index is 1.39. The van der Waals surface area contributed by atoms with Crippen LogP contribution in [0.3, 0.4) is 0 Å². The Morgan fingerprint density at radius 3 is 2.41 bits per heavy atom. The summed E-state index contributed by atoms with van der Waals surface area (Å²) in [4.78, 5) is 17.4. The predicted octanol–water partition coefficient (Wildman–Crippen LogP) is 3.95. The van der Waals surface area contributed by atoms with Crippen LogP contribution < -0.4 is 5.32 Å². The van der Waals surface area contributed by atoms with Gasteiger partial charge in [0, 0.05) is 19.0 Å². The summed E-state index contributed by atoms with van der Waals surface area (Å²) in [5.74, 6) is -0.304. The lowest BCUT2D eigenvalue weighted by molar-refractivity contribution is -0.120. The number of sulfonamides is 1. The molecule has 2 aromatic carbocycles. The van der Waals surface area contributed by atoms with Gasteiger partial charge in [-0.2, -0.15) is 4.31 Å². The summed E-state index contributed by atoms with van der Waals surface area (Å²) in [7, 11) is -3.52. The van der Waals surface area contributed by atoms with Gasteiger partial charge >= 0.3 is 0 Å². The number of carbonyl (C=O) groups is 1. The van der Waals surface area contributed by atoms with E-state index in [0.717, 1.165) is 21.3 Å². The number of carbonyl (C=O) groups excluding carboxylic acids is 1. The zero-order chi connectivity index (χ0) is 20.6. The second-order valence-corrected chi connectivity index (χ2v) is 10.4. The van der Waals surface area contributed by atoms with E-state index in [1.54, 1.807) is 24.3 Å². The van der Waals surface area contributed by atoms with E-state index in [1.165, 1.54) is 15.6 Å². The molecule has 1 N–H and O–H groups in total. The van der Waals surface area contributed by atoms with Crippen molar-refractivity contribution in [3.63, 3.8) is 0 Å². The van der Waals surface area contributed by atoms with Crippen LogP contribution in [-0.2, 0) is 14.8 Å². The fourth-order valence-corrected chi connectivity index (χ4v) is 5.95. The first-order valence-corrected chi connectivity index (χ1v) is 11.8. The first-order chi connectivity index (χ1) is 13.8. The van der Waals surface area contributed by atoms with Crippen molar-refractivity contribution in [1.29, 1.82) is 0 Å². The summed E-state index contributed by atoms with van der Waals surface area (Å²) in [6.45, 7) is 4.63. The molecule has 0 saturated carbocycles. The van der Waals surface area contributed by atoms with Crippen LogP contribution in [0.2, 0.25) is 0 Å². The normalized spacial score (nSPS) is 16.2. The average Bonchev–Trinajstić information content (AvgIpc) is 3.09. The van der Waals surface area contributed by atoms with Crippen molar-refractivity contribution in [2.75, 3.05) is 18.4 Å². The van der Waals surface area contributed by atoms with Crippen LogP contribution in [0.1, 0.15) is 24.0 Å². The molecule has 1 aromatic heterocycles. The molecule has 3 aromatic rings. The summed E-state index contributed by atoms with van der Waals surface area (Å²) in [6.07, 6.45) is 1.00. The van der Waals surface area contributed by atoms with E-state index in [0.29, 0.717) is 36.0 Å². The number of nitrogens with one attached hydrogen (secondary N) is 1. The summed E-state index contributed by atoms with van der Waals surface area (Å²) >= 11 is 1.46. The number of aryl methyl sites for hydroxylation is 2. The maximum Gasteiger partial charge on any atom is 0.243 e. The fourth-order valence-electron chi connectivity index (χ4n) is 3.51. The van der Waals surface area contributed by atoms with Crippen LogP contribution in [-0.4, -0.2) is 36.7 Å². The molecule has 1 aliphatic rings. The molecule has 6 nitrogen and oxygen atoms in total. The van der Waals surface area contributed by atoms with Gasteiger partial charge in [0.05, 0.1) is 15.1 Å². The first-order valence-electron chi connectivity index (χ1n) is 9.58. The monoisotopic (exact) mass is 429 g/mol. The number of benzene rings is 2. The van der Waals surface area contributed by atoms with E-state index >= 15 is 0 Å². The lowest BCUT2D eigenvalue weighted by Crippen LogP contribution is -2.41. The summed E-state index contributed by atoms with van der Waals surface area (Å²) in [5.41, 5.74) is 3.04. The Morgan fingerprint density at radius 2 is 1.72 bits per heavy atom. The van der Waals surface area contributed by atoms with Crippen LogP contribution in [0.25, 0.3) is 10.2 Å². The van der Waals surface area contributed by atoms with Crippen LogP contribution >= 0.6 is 11.3 Å². The molecular formula is C21H23N3O3S2. The summed E-state index contributed by atoms with van der Waals surface area (Å²) < 4.78 is 28.1. The van der Waals surface area contributed by atoms with Crippen molar-refractivity contribution in [1.82, 2.24) is 9.29 Å². The minimum atomic E-state index is -3.52. The maximum absolute atomic E-state index is 12.8. The first kappa shape index (κ1) is 20.0. The third-order valence-corrected chi connectivity index (χ3v) is 8.10. The molecule has 0 aliphatic carbocycles. The molecule has 29 heavy (non-hydrogen) atoms. The minimum Gasteiger partial charge on any atom is -0.302 e. The van der Waals surface area contributed by atoms with Crippen molar-refractivity contribution >= 4 is 42.6 Å². The van der Waals surface area contributed by atoms with Gasteiger partial charge in [-0.05, 0) is 56.5 Å². The number of nitrogens with zero attached hydrogens (tertiary/aromatic N) is 2. The van der Waals surface area contributed by atoms with Crippen LogP contribution in [0.5, 0.6) is 0 Å². The van der Waals surface area contributed by atoms with Gasteiger partial charge in [0.15, 0.2) is 5.13 Å². The van der Waals surface area contributed by atoms with E-state index in [-0.39, 0.29) is 11.8 Å². The SMILES string of the molecule is Cc1ccc(S(=O)(=O)N2CCC(C(=O)Nc3nc4ccc(C)cc4s3)CC2)cc1. The smallest absolute Gasteiger partial charge is 0.243 e. The molecule has 1 amide bonds. The zero-order valence-electron chi connectivity index (χ0n) is 16.4. The van der Waals surface area contributed by atoms with Gasteiger partial charge in [0.25, 0.3) is 0 Å². The van der Waals surface area contributed by atoms with Crippen LogP contribution in [0.4, 0.5) is 5.13 Å². The van der Waals surface area contributed by atoms with Crippen molar-refractivity contribution in [2.24, 2.45) is 5.92 Å². The van der Waals surface area contributed by atoms with Crippen molar-refractivity contribution in [3.8, 4) is 0 Å². The van der Waals surface area contributed by atoms with Gasteiger partial charge in [-0.3, -0.25) is 4.79 Å². The van der Waals surface area contributed by atoms with E-state index in [1.807, 2.05) is 26.0 Å². The number of anilines is 1. The van der Waals surface area contributed by atoms with Gasteiger partial charge in [-0.25, -0.2) is 13.4 Å². The fraction of sp³-hybridized carbons (Fsp3) is 0.333. The molecule has 0 bridgehead atoms. The summed E-state index contributed by atoms with van der Waals surface area (Å²) in [6, 6.07) is 12.9. The molecular weight excluding hydrogens is 406 g/mol. The number of piperidine rings is 1. The van der Waals surface area contributed by atoms with Gasteiger partial charge in [0.1, 0.15) is 0 Å². The number of fused-ring (bicyclic) bond motifs is 1. The second kappa shape index (κ2) is 7.85. The largest absolute Gasteiger partial charge is 0.302 e. The van der Waals surface area contributed by atoms with Gasteiger partial charge < -0.3 is 5.32 Å². The molecule has 2 heterocycles. The van der Waals surface area contributed by atoms with Gasteiger partial charge in [-0.1, -0.05) is 35.1 Å². The van der Waals surface area contributed by atoms with E-state index in [9.17, 15) is 13.2 Å². The number of hydrogen-bond acceptors (Lipinski definition) is 5. The van der Waals surface area contributed by atoms with Crippen LogP contribution in [0, 0.1) is 19.8 Å². The predicted molar refractivity (Wildman–Crippen MR) is 116 cm³/mol.